The van der Waals surface area contributed by atoms with E-state index in [-0.39, 0.29) is 17.5 Å². The van der Waals surface area contributed by atoms with Gasteiger partial charge in [0.1, 0.15) is 0 Å². The molecule has 0 saturated carbocycles. The van der Waals surface area contributed by atoms with E-state index in [1.54, 1.807) is 13.0 Å². The van der Waals surface area contributed by atoms with E-state index in [9.17, 15) is 9.18 Å². The first kappa shape index (κ1) is 12.8. The molecule has 0 aliphatic carbocycles. The highest BCUT2D eigenvalue weighted by atomic mass is 32.2. The molecule has 0 bridgehead atoms. The van der Waals surface area contributed by atoms with Crippen LogP contribution in [0, 0.1) is 5.82 Å². The minimum atomic E-state index is -0.640. The van der Waals surface area contributed by atoms with Gasteiger partial charge in [0.2, 0.25) is 0 Å². The predicted octanol–water partition coefficient (Wildman–Crippen LogP) is 2.33. The first-order valence-electron chi connectivity index (χ1n) is 4.84. The van der Waals surface area contributed by atoms with E-state index in [1.165, 1.54) is 23.9 Å². The van der Waals surface area contributed by atoms with E-state index in [4.69, 9.17) is 9.84 Å². The lowest BCUT2D eigenvalue weighted by Crippen LogP contribution is -2.06. The number of rotatable bonds is 5. The maximum Gasteiger partial charge on any atom is 0.315 e. The number of carbonyl (C=O) groups excluding carboxylic acids is 1. The normalized spacial score (nSPS) is 10.1. The van der Waals surface area contributed by atoms with E-state index in [2.05, 4.69) is 0 Å². The van der Waals surface area contributed by atoms with Crippen molar-refractivity contribution in [1.82, 2.24) is 0 Å². The van der Waals surface area contributed by atoms with Crippen LogP contribution in [0.2, 0.25) is 0 Å². The van der Waals surface area contributed by atoms with Crippen LogP contribution in [0.4, 0.5) is 4.39 Å². The van der Waals surface area contributed by atoms with E-state index < -0.39 is 5.82 Å². The maximum atomic E-state index is 12.7. The number of carbonyl (C=O) groups is 1. The van der Waals surface area contributed by atoms with Crippen LogP contribution >= 0.6 is 11.8 Å². The van der Waals surface area contributed by atoms with Gasteiger partial charge in [-0.1, -0.05) is 6.07 Å². The van der Waals surface area contributed by atoms with Crippen LogP contribution in [0.3, 0.4) is 0 Å². The van der Waals surface area contributed by atoms with E-state index in [1.807, 2.05) is 0 Å². The fourth-order valence-corrected chi connectivity index (χ4v) is 1.87. The summed E-state index contributed by atoms with van der Waals surface area (Å²) >= 11 is 1.36. The Balaban J connectivity index is 2.37. The monoisotopic (exact) mass is 244 g/mol. The third-order valence-corrected chi connectivity index (χ3v) is 2.78. The molecule has 5 heteroatoms. The molecule has 1 N–H and O–H groups in total. The number of benzene rings is 1. The topological polar surface area (TPSA) is 46.5 Å². The van der Waals surface area contributed by atoms with E-state index >= 15 is 0 Å². The molecule has 3 nitrogen and oxygen atoms in total. The van der Waals surface area contributed by atoms with Crippen molar-refractivity contribution in [3.8, 4) is 5.75 Å². The number of hydrogen-bond donors (Lipinski definition) is 1. The fourth-order valence-electron chi connectivity index (χ4n) is 1.10. The highest BCUT2D eigenvalue weighted by Crippen LogP contribution is 2.20. The molecule has 0 aliphatic rings. The van der Waals surface area contributed by atoms with Gasteiger partial charge in [0.15, 0.2) is 11.6 Å². The smallest absolute Gasteiger partial charge is 0.315 e. The number of ether oxygens (including phenoxy) is 1. The quantitative estimate of drug-likeness (QED) is 0.807. The van der Waals surface area contributed by atoms with Crippen LogP contribution in [0.15, 0.2) is 18.2 Å². The second-order valence-electron chi connectivity index (χ2n) is 3.08. The molecule has 0 atom stereocenters. The molecule has 0 spiro atoms. The fraction of sp³-hybridized carbons (Fsp3) is 0.364. The van der Waals surface area contributed by atoms with E-state index in [0.717, 1.165) is 5.56 Å². The minimum absolute atomic E-state index is 0.256. The average Bonchev–Trinajstić information content (AvgIpc) is 2.24. The first-order valence-corrected chi connectivity index (χ1v) is 5.99. The molecule has 0 saturated heterocycles. The lowest BCUT2D eigenvalue weighted by molar-refractivity contribution is -0.139. The maximum absolute atomic E-state index is 12.7. The highest BCUT2D eigenvalue weighted by Gasteiger charge is 2.04. The molecule has 1 aromatic rings. The summed E-state index contributed by atoms with van der Waals surface area (Å²) in [6, 6.07) is 4.14. The second-order valence-corrected chi connectivity index (χ2v) is 4.07. The molecule has 0 fully saturated rings. The summed E-state index contributed by atoms with van der Waals surface area (Å²) in [5.41, 5.74) is 0.771. The average molecular weight is 244 g/mol. The van der Waals surface area contributed by atoms with Gasteiger partial charge in [0.25, 0.3) is 0 Å². The van der Waals surface area contributed by atoms with Crippen molar-refractivity contribution in [2.24, 2.45) is 0 Å². The summed E-state index contributed by atoms with van der Waals surface area (Å²) in [4.78, 5) is 11.0. The van der Waals surface area contributed by atoms with Gasteiger partial charge in [0.05, 0.1) is 12.4 Å². The Morgan fingerprint density at radius 1 is 1.56 bits per heavy atom. The number of aromatic hydroxyl groups is 1. The minimum Gasteiger partial charge on any atom is -0.505 e. The van der Waals surface area contributed by atoms with Gasteiger partial charge in [0, 0.05) is 5.75 Å². The van der Waals surface area contributed by atoms with Crippen molar-refractivity contribution >= 4 is 17.7 Å². The zero-order chi connectivity index (χ0) is 12.0. The van der Waals surface area contributed by atoms with Gasteiger partial charge in [-0.05, 0) is 24.6 Å². The summed E-state index contributed by atoms with van der Waals surface area (Å²) < 4.78 is 17.5. The predicted molar refractivity (Wildman–Crippen MR) is 60.9 cm³/mol. The number of hydrogen-bond acceptors (Lipinski definition) is 4. The van der Waals surface area contributed by atoms with E-state index in [0.29, 0.717) is 12.4 Å². The molecule has 1 rings (SSSR count). The molecule has 0 amide bonds. The zero-order valence-corrected chi connectivity index (χ0v) is 9.72. The second kappa shape index (κ2) is 6.37. The first-order chi connectivity index (χ1) is 7.63. The Hall–Kier alpha value is -1.23. The van der Waals surface area contributed by atoms with Gasteiger partial charge in [-0.15, -0.1) is 11.8 Å². The molecule has 88 valence electrons. The van der Waals surface area contributed by atoms with Crippen LogP contribution in [-0.4, -0.2) is 23.4 Å². The summed E-state index contributed by atoms with van der Waals surface area (Å²) in [7, 11) is 0. The van der Waals surface area contributed by atoms with Crippen LogP contribution < -0.4 is 0 Å². The van der Waals surface area contributed by atoms with Gasteiger partial charge in [-0.2, -0.15) is 0 Å². The van der Waals surface area contributed by atoms with Crippen molar-refractivity contribution in [1.29, 1.82) is 0 Å². The summed E-state index contributed by atoms with van der Waals surface area (Å²) in [6.45, 7) is 2.12. The van der Waals surface area contributed by atoms with Crippen molar-refractivity contribution in [2.75, 3.05) is 12.4 Å². The number of phenolic OH excluding ortho intramolecular Hbond substituents is 1. The summed E-state index contributed by atoms with van der Waals surface area (Å²) in [5.74, 6) is -0.481. The van der Waals surface area contributed by atoms with Gasteiger partial charge < -0.3 is 9.84 Å². The van der Waals surface area contributed by atoms with Crippen LogP contribution in [0.1, 0.15) is 12.5 Å². The van der Waals surface area contributed by atoms with Gasteiger partial charge in [-0.3, -0.25) is 4.79 Å². The molecular formula is C11H13FO3S. The van der Waals surface area contributed by atoms with Crippen LogP contribution in [0.5, 0.6) is 5.75 Å². The van der Waals surface area contributed by atoms with Crippen LogP contribution in [-0.2, 0) is 15.3 Å². The Morgan fingerprint density at radius 2 is 2.31 bits per heavy atom. The van der Waals surface area contributed by atoms with Crippen molar-refractivity contribution in [3.63, 3.8) is 0 Å². The van der Waals surface area contributed by atoms with Crippen molar-refractivity contribution in [2.45, 2.75) is 12.7 Å². The summed E-state index contributed by atoms with van der Waals surface area (Å²) in [5, 5.41) is 9.12. The molecule has 0 radical (unpaired) electrons. The van der Waals surface area contributed by atoms with Crippen molar-refractivity contribution in [3.05, 3.63) is 29.6 Å². The van der Waals surface area contributed by atoms with Crippen molar-refractivity contribution < 1.29 is 19.0 Å². The van der Waals surface area contributed by atoms with Gasteiger partial charge >= 0.3 is 5.97 Å². The zero-order valence-electron chi connectivity index (χ0n) is 8.90. The Labute approximate surface area is 97.6 Å². The number of thioether (sulfide) groups is 1. The third-order valence-electron chi connectivity index (χ3n) is 1.80. The molecule has 0 unspecified atom stereocenters. The van der Waals surface area contributed by atoms with Crippen LogP contribution in [0.25, 0.3) is 0 Å². The molecule has 0 heterocycles. The largest absolute Gasteiger partial charge is 0.505 e. The lowest BCUT2D eigenvalue weighted by Gasteiger charge is -2.03. The SMILES string of the molecule is CCOC(=O)CSCc1ccc(F)c(O)c1. The third kappa shape index (κ3) is 4.10. The number of halogens is 1. The number of phenols is 1. The number of esters is 1. The lowest BCUT2D eigenvalue weighted by atomic mass is 10.2. The standard InChI is InChI=1S/C11H13FO3S/c1-2-15-11(14)7-16-6-8-3-4-9(12)10(13)5-8/h3-5,13H,2,6-7H2,1H3. The highest BCUT2D eigenvalue weighted by molar-refractivity contribution is 7.99. The molecular weight excluding hydrogens is 231 g/mol. The molecule has 16 heavy (non-hydrogen) atoms. The van der Waals surface area contributed by atoms with Gasteiger partial charge in [-0.25, -0.2) is 4.39 Å². The Bertz CT molecular complexity index is 368. The molecule has 0 aromatic heterocycles. The molecule has 0 aliphatic heterocycles. The summed E-state index contributed by atoms with van der Waals surface area (Å²) in [6.07, 6.45) is 0. The Morgan fingerprint density at radius 3 is 2.94 bits per heavy atom. The molecule has 1 aromatic carbocycles. The Kier molecular flexibility index (Phi) is 5.11.